The summed E-state index contributed by atoms with van der Waals surface area (Å²) in [5, 5.41) is 0. The zero-order valence-electron chi connectivity index (χ0n) is 10.5. The molecule has 1 atom stereocenters. The fourth-order valence-corrected chi connectivity index (χ4v) is 2.12. The molecule has 0 heterocycles. The summed E-state index contributed by atoms with van der Waals surface area (Å²) in [6, 6.07) is 8.89. The molecule has 0 aliphatic carbocycles. The van der Waals surface area contributed by atoms with Crippen LogP contribution in [-0.4, -0.2) is 0 Å². The molecule has 1 aromatic rings. The highest BCUT2D eigenvalue weighted by Gasteiger charge is 2.11. The number of hydrogen-bond donors (Lipinski definition) is 2. The molecule has 1 rings (SSSR count). The minimum atomic E-state index is 0.308. The van der Waals surface area contributed by atoms with Gasteiger partial charge in [0.25, 0.3) is 0 Å². The van der Waals surface area contributed by atoms with E-state index in [0.29, 0.717) is 6.04 Å². The second-order valence-electron chi connectivity index (χ2n) is 4.27. The van der Waals surface area contributed by atoms with Gasteiger partial charge in [0.15, 0.2) is 0 Å². The van der Waals surface area contributed by atoms with Gasteiger partial charge in [0.2, 0.25) is 0 Å². The SMILES string of the molecule is CCCCCC(NN)c1ccccc1CC. The average molecular weight is 220 g/mol. The quantitative estimate of drug-likeness (QED) is 0.420. The molecule has 0 aliphatic heterocycles. The van der Waals surface area contributed by atoms with E-state index in [4.69, 9.17) is 5.84 Å². The van der Waals surface area contributed by atoms with Crippen molar-refractivity contribution in [3.05, 3.63) is 35.4 Å². The van der Waals surface area contributed by atoms with Crippen LogP contribution in [0.5, 0.6) is 0 Å². The van der Waals surface area contributed by atoms with Crippen molar-refractivity contribution in [2.24, 2.45) is 5.84 Å². The predicted octanol–water partition coefficient (Wildman–Crippen LogP) is 3.33. The van der Waals surface area contributed by atoms with Crippen molar-refractivity contribution in [1.82, 2.24) is 5.43 Å². The van der Waals surface area contributed by atoms with Crippen LogP contribution in [0, 0.1) is 0 Å². The maximum atomic E-state index is 5.66. The number of hydrogen-bond acceptors (Lipinski definition) is 2. The third-order valence-electron chi connectivity index (χ3n) is 3.11. The molecular weight excluding hydrogens is 196 g/mol. The Morgan fingerprint density at radius 2 is 1.94 bits per heavy atom. The van der Waals surface area contributed by atoms with Gasteiger partial charge in [-0.15, -0.1) is 0 Å². The van der Waals surface area contributed by atoms with Crippen LogP contribution >= 0.6 is 0 Å². The minimum absolute atomic E-state index is 0.308. The van der Waals surface area contributed by atoms with Crippen molar-refractivity contribution in [3.8, 4) is 0 Å². The van der Waals surface area contributed by atoms with Gasteiger partial charge in [-0.25, -0.2) is 0 Å². The van der Waals surface area contributed by atoms with Crippen LogP contribution in [0.15, 0.2) is 24.3 Å². The van der Waals surface area contributed by atoms with Crippen molar-refractivity contribution in [1.29, 1.82) is 0 Å². The third kappa shape index (κ3) is 3.62. The van der Waals surface area contributed by atoms with Crippen LogP contribution in [0.3, 0.4) is 0 Å². The van der Waals surface area contributed by atoms with Gasteiger partial charge in [0.05, 0.1) is 0 Å². The molecule has 0 fully saturated rings. The van der Waals surface area contributed by atoms with Crippen LogP contribution in [0.4, 0.5) is 0 Å². The Balaban J connectivity index is 2.69. The van der Waals surface area contributed by atoms with Gasteiger partial charge >= 0.3 is 0 Å². The second kappa shape index (κ2) is 7.42. The summed E-state index contributed by atoms with van der Waals surface area (Å²) in [7, 11) is 0. The molecule has 90 valence electrons. The summed E-state index contributed by atoms with van der Waals surface area (Å²) < 4.78 is 0. The highest BCUT2D eigenvalue weighted by atomic mass is 15.2. The molecule has 2 heteroatoms. The van der Waals surface area contributed by atoms with Gasteiger partial charge in [-0.3, -0.25) is 11.3 Å². The van der Waals surface area contributed by atoms with Gasteiger partial charge < -0.3 is 0 Å². The lowest BCUT2D eigenvalue weighted by Crippen LogP contribution is -2.28. The number of nitrogens with two attached hydrogens (primary N) is 1. The zero-order valence-corrected chi connectivity index (χ0v) is 10.5. The highest BCUT2D eigenvalue weighted by Crippen LogP contribution is 2.23. The van der Waals surface area contributed by atoms with Crippen LogP contribution in [0.25, 0.3) is 0 Å². The summed E-state index contributed by atoms with van der Waals surface area (Å²) in [6.45, 7) is 4.42. The lowest BCUT2D eigenvalue weighted by molar-refractivity contribution is 0.484. The monoisotopic (exact) mass is 220 g/mol. The largest absolute Gasteiger partial charge is 0.271 e. The fraction of sp³-hybridized carbons (Fsp3) is 0.571. The Hall–Kier alpha value is -0.860. The Morgan fingerprint density at radius 1 is 1.19 bits per heavy atom. The van der Waals surface area contributed by atoms with E-state index in [1.54, 1.807) is 0 Å². The molecule has 0 amide bonds. The highest BCUT2D eigenvalue weighted by molar-refractivity contribution is 5.29. The van der Waals surface area contributed by atoms with Crippen molar-refractivity contribution in [3.63, 3.8) is 0 Å². The summed E-state index contributed by atoms with van der Waals surface area (Å²) in [4.78, 5) is 0. The van der Waals surface area contributed by atoms with E-state index in [-0.39, 0.29) is 0 Å². The van der Waals surface area contributed by atoms with Crippen LogP contribution in [0.1, 0.15) is 56.7 Å². The number of hydrazine groups is 1. The lowest BCUT2D eigenvalue weighted by Gasteiger charge is -2.19. The van der Waals surface area contributed by atoms with E-state index in [1.807, 2.05) is 0 Å². The maximum Gasteiger partial charge on any atom is 0.0462 e. The van der Waals surface area contributed by atoms with Gasteiger partial charge in [0, 0.05) is 6.04 Å². The molecule has 0 saturated carbocycles. The normalized spacial score (nSPS) is 12.7. The number of rotatable bonds is 7. The van der Waals surface area contributed by atoms with Gasteiger partial charge in [0.1, 0.15) is 0 Å². The molecule has 0 aromatic heterocycles. The summed E-state index contributed by atoms with van der Waals surface area (Å²) in [5.41, 5.74) is 5.72. The predicted molar refractivity (Wildman–Crippen MR) is 70.0 cm³/mol. The standard InChI is InChI=1S/C14H24N2/c1-3-5-6-11-14(16-15)13-10-8-7-9-12(13)4-2/h7-10,14,16H,3-6,11,15H2,1-2H3. The molecule has 1 unspecified atom stereocenters. The first-order valence-electron chi connectivity index (χ1n) is 6.37. The summed E-state index contributed by atoms with van der Waals surface area (Å²) >= 11 is 0. The molecule has 0 saturated heterocycles. The Kier molecular flexibility index (Phi) is 6.12. The zero-order chi connectivity index (χ0) is 11.8. The van der Waals surface area contributed by atoms with Crippen molar-refractivity contribution in [2.75, 3.05) is 0 Å². The molecule has 2 nitrogen and oxygen atoms in total. The average Bonchev–Trinajstić information content (AvgIpc) is 2.35. The van der Waals surface area contributed by atoms with Crippen molar-refractivity contribution >= 4 is 0 Å². The molecule has 0 spiro atoms. The number of benzene rings is 1. The molecule has 0 aliphatic rings. The van der Waals surface area contributed by atoms with E-state index >= 15 is 0 Å². The molecule has 16 heavy (non-hydrogen) atoms. The van der Waals surface area contributed by atoms with Crippen molar-refractivity contribution < 1.29 is 0 Å². The van der Waals surface area contributed by atoms with E-state index in [9.17, 15) is 0 Å². The third-order valence-corrected chi connectivity index (χ3v) is 3.11. The smallest absolute Gasteiger partial charge is 0.0462 e. The van der Waals surface area contributed by atoms with E-state index < -0.39 is 0 Å². The Morgan fingerprint density at radius 3 is 2.56 bits per heavy atom. The van der Waals surface area contributed by atoms with Crippen molar-refractivity contribution in [2.45, 2.75) is 52.0 Å². The van der Waals surface area contributed by atoms with E-state index in [1.165, 1.54) is 30.4 Å². The number of nitrogens with one attached hydrogen (secondary N) is 1. The van der Waals surface area contributed by atoms with Gasteiger partial charge in [-0.1, -0.05) is 57.4 Å². The fourth-order valence-electron chi connectivity index (χ4n) is 2.12. The van der Waals surface area contributed by atoms with Gasteiger partial charge in [-0.05, 0) is 24.0 Å². The Labute approximate surface area is 99.2 Å². The summed E-state index contributed by atoms with van der Waals surface area (Å²) in [6.07, 6.45) is 5.98. The lowest BCUT2D eigenvalue weighted by atomic mass is 9.95. The first kappa shape index (κ1) is 13.2. The first-order chi connectivity index (χ1) is 7.83. The first-order valence-corrected chi connectivity index (χ1v) is 6.37. The molecule has 0 bridgehead atoms. The van der Waals surface area contributed by atoms with Crippen LogP contribution < -0.4 is 11.3 Å². The Bertz CT molecular complexity index is 297. The molecule has 1 aromatic carbocycles. The minimum Gasteiger partial charge on any atom is -0.271 e. The molecular formula is C14H24N2. The molecule has 3 N–H and O–H groups in total. The summed E-state index contributed by atoms with van der Waals surface area (Å²) in [5.74, 6) is 5.66. The number of unbranched alkanes of at least 4 members (excludes halogenated alkanes) is 2. The second-order valence-corrected chi connectivity index (χ2v) is 4.27. The van der Waals surface area contributed by atoms with E-state index in [2.05, 4.69) is 43.5 Å². The topological polar surface area (TPSA) is 38.0 Å². The van der Waals surface area contributed by atoms with Crippen LogP contribution in [0.2, 0.25) is 0 Å². The molecule has 0 radical (unpaired) electrons. The van der Waals surface area contributed by atoms with Gasteiger partial charge in [-0.2, -0.15) is 0 Å². The van der Waals surface area contributed by atoms with E-state index in [0.717, 1.165) is 12.8 Å². The van der Waals surface area contributed by atoms with Crippen LogP contribution in [-0.2, 0) is 6.42 Å². The number of aryl methyl sites for hydroxylation is 1. The maximum absolute atomic E-state index is 5.66.